The molecular formula is C16H20FN3. The largest absolute Gasteiger partial charge is 0.298 e. The van der Waals surface area contributed by atoms with Gasteiger partial charge < -0.3 is 0 Å². The van der Waals surface area contributed by atoms with Gasteiger partial charge in [0.1, 0.15) is 5.82 Å². The summed E-state index contributed by atoms with van der Waals surface area (Å²) in [5.41, 5.74) is 2.52. The second kappa shape index (κ2) is 5.75. The highest BCUT2D eigenvalue weighted by atomic mass is 19.1. The van der Waals surface area contributed by atoms with Crippen LogP contribution in [-0.4, -0.2) is 27.8 Å². The zero-order valence-electron chi connectivity index (χ0n) is 11.8. The van der Waals surface area contributed by atoms with E-state index in [2.05, 4.69) is 23.1 Å². The van der Waals surface area contributed by atoms with E-state index in [4.69, 9.17) is 0 Å². The van der Waals surface area contributed by atoms with Crippen molar-refractivity contribution in [3.63, 3.8) is 0 Å². The fraction of sp³-hybridized carbons (Fsp3) is 0.438. The van der Waals surface area contributed by atoms with E-state index in [1.54, 1.807) is 12.1 Å². The van der Waals surface area contributed by atoms with Crippen LogP contribution in [-0.2, 0) is 13.1 Å². The van der Waals surface area contributed by atoms with Crippen LogP contribution in [0.5, 0.6) is 0 Å². The van der Waals surface area contributed by atoms with Gasteiger partial charge in [-0.3, -0.25) is 9.58 Å². The van der Waals surface area contributed by atoms with E-state index in [-0.39, 0.29) is 5.82 Å². The van der Waals surface area contributed by atoms with Crippen molar-refractivity contribution >= 4 is 0 Å². The maximum absolute atomic E-state index is 13.0. The summed E-state index contributed by atoms with van der Waals surface area (Å²) >= 11 is 0. The van der Waals surface area contributed by atoms with E-state index in [9.17, 15) is 4.39 Å². The number of hydrogen-bond acceptors (Lipinski definition) is 2. The molecule has 1 aliphatic rings. The topological polar surface area (TPSA) is 21.1 Å². The average molecular weight is 273 g/mol. The van der Waals surface area contributed by atoms with Crippen LogP contribution in [0, 0.1) is 5.82 Å². The summed E-state index contributed by atoms with van der Waals surface area (Å²) in [4.78, 5) is 2.45. The molecule has 0 radical (unpaired) electrons. The van der Waals surface area contributed by atoms with Crippen LogP contribution in [0.3, 0.4) is 0 Å². The minimum Gasteiger partial charge on any atom is -0.298 e. The lowest BCUT2D eigenvalue weighted by molar-refractivity contribution is 0.326. The summed E-state index contributed by atoms with van der Waals surface area (Å²) < 4.78 is 14.9. The van der Waals surface area contributed by atoms with Gasteiger partial charge in [-0.25, -0.2) is 4.39 Å². The van der Waals surface area contributed by atoms with Gasteiger partial charge in [0.25, 0.3) is 0 Å². The highest BCUT2D eigenvalue weighted by Crippen LogP contribution is 2.28. The van der Waals surface area contributed by atoms with Crippen molar-refractivity contribution in [2.45, 2.75) is 32.4 Å². The molecule has 0 aliphatic carbocycles. The molecule has 2 heterocycles. The van der Waals surface area contributed by atoms with E-state index in [0.29, 0.717) is 5.92 Å². The minimum atomic E-state index is -0.157. The number of benzene rings is 1. The number of aromatic nitrogens is 2. The Labute approximate surface area is 119 Å². The van der Waals surface area contributed by atoms with Crippen molar-refractivity contribution < 1.29 is 4.39 Å². The van der Waals surface area contributed by atoms with Crippen molar-refractivity contribution in [1.82, 2.24) is 14.7 Å². The predicted octanol–water partition coefficient (Wildman–Crippen LogP) is 3.03. The molecule has 1 aromatic carbocycles. The summed E-state index contributed by atoms with van der Waals surface area (Å²) in [5.74, 6) is 0.368. The lowest BCUT2D eigenvalue weighted by Gasteiger charge is -2.15. The Kier molecular flexibility index (Phi) is 3.83. The molecule has 1 saturated heterocycles. The zero-order valence-corrected chi connectivity index (χ0v) is 11.8. The van der Waals surface area contributed by atoms with E-state index in [0.717, 1.165) is 32.6 Å². The molecule has 0 bridgehead atoms. The Morgan fingerprint density at radius 3 is 2.80 bits per heavy atom. The van der Waals surface area contributed by atoms with Gasteiger partial charge in [0.05, 0.1) is 6.20 Å². The standard InChI is InChI=1S/C16H20FN3/c1-2-20-11-13(9-18-20)10-19-8-7-15(12-19)14-3-5-16(17)6-4-14/h3-6,9,11,15H,2,7-8,10,12H2,1H3. The van der Waals surface area contributed by atoms with E-state index in [1.165, 1.54) is 11.1 Å². The van der Waals surface area contributed by atoms with Crippen LogP contribution in [0.4, 0.5) is 4.39 Å². The maximum atomic E-state index is 13.0. The van der Waals surface area contributed by atoms with Crippen molar-refractivity contribution in [2.75, 3.05) is 13.1 Å². The van der Waals surface area contributed by atoms with E-state index >= 15 is 0 Å². The molecule has 1 aliphatic heterocycles. The van der Waals surface area contributed by atoms with E-state index < -0.39 is 0 Å². The minimum absolute atomic E-state index is 0.157. The summed E-state index contributed by atoms with van der Waals surface area (Å²) in [7, 11) is 0. The summed E-state index contributed by atoms with van der Waals surface area (Å²) in [6.45, 7) is 6.11. The second-order valence-electron chi connectivity index (χ2n) is 5.48. The van der Waals surface area contributed by atoms with Crippen LogP contribution in [0.2, 0.25) is 0 Å². The normalized spacial score (nSPS) is 19.6. The number of hydrogen-bond donors (Lipinski definition) is 0. The van der Waals surface area contributed by atoms with Crippen LogP contribution in [0.25, 0.3) is 0 Å². The Morgan fingerprint density at radius 2 is 2.10 bits per heavy atom. The Balaban J connectivity index is 1.60. The smallest absolute Gasteiger partial charge is 0.123 e. The van der Waals surface area contributed by atoms with Gasteiger partial charge in [-0.2, -0.15) is 5.10 Å². The average Bonchev–Trinajstić information content (AvgIpc) is 3.09. The molecule has 0 N–H and O–H groups in total. The molecule has 1 aromatic heterocycles. The van der Waals surface area contributed by atoms with Crippen molar-refractivity contribution in [3.05, 3.63) is 53.6 Å². The first kappa shape index (κ1) is 13.3. The highest BCUT2D eigenvalue weighted by Gasteiger charge is 2.24. The Morgan fingerprint density at radius 1 is 1.30 bits per heavy atom. The third-order valence-electron chi connectivity index (χ3n) is 4.03. The molecule has 0 saturated carbocycles. The highest BCUT2D eigenvalue weighted by molar-refractivity contribution is 5.22. The predicted molar refractivity (Wildman–Crippen MR) is 76.9 cm³/mol. The van der Waals surface area contributed by atoms with Gasteiger partial charge in [0, 0.05) is 31.4 Å². The first-order valence-corrected chi connectivity index (χ1v) is 7.23. The summed E-state index contributed by atoms with van der Waals surface area (Å²) in [6.07, 6.45) is 5.22. The molecule has 4 heteroatoms. The number of rotatable bonds is 4. The third kappa shape index (κ3) is 2.90. The second-order valence-corrected chi connectivity index (χ2v) is 5.48. The first-order valence-electron chi connectivity index (χ1n) is 7.23. The third-order valence-corrected chi connectivity index (χ3v) is 4.03. The molecule has 0 amide bonds. The lowest BCUT2D eigenvalue weighted by atomic mass is 9.99. The van der Waals surface area contributed by atoms with Crippen LogP contribution < -0.4 is 0 Å². The molecule has 3 rings (SSSR count). The maximum Gasteiger partial charge on any atom is 0.123 e. The molecule has 0 spiro atoms. The van der Waals surface area contributed by atoms with Gasteiger partial charge in [0.15, 0.2) is 0 Å². The molecule has 3 nitrogen and oxygen atoms in total. The van der Waals surface area contributed by atoms with Gasteiger partial charge in [-0.15, -0.1) is 0 Å². The van der Waals surface area contributed by atoms with Crippen LogP contribution in [0.1, 0.15) is 30.4 Å². The zero-order chi connectivity index (χ0) is 13.9. The first-order chi connectivity index (χ1) is 9.74. The fourth-order valence-electron chi connectivity index (χ4n) is 2.90. The molecule has 20 heavy (non-hydrogen) atoms. The number of aryl methyl sites for hydroxylation is 1. The molecule has 1 atom stereocenters. The lowest BCUT2D eigenvalue weighted by Crippen LogP contribution is -2.19. The Hall–Kier alpha value is -1.68. The van der Waals surface area contributed by atoms with Crippen molar-refractivity contribution in [3.8, 4) is 0 Å². The van der Waals surface area contributed by atoms with Gasteiger partial charge in [-0.05, 0) is 43.5 Å². The monoisotopic (exact) mass is 273 g/mol. The quantitative estimate of drug-likeness (QED) is 0.853. The van der Waals surface area contributed by atoms with Crippen molar-refractivity contribution in [2.24, 2.45) is 0 Å². The van der Waals surface area contributed by atoms with Gasteiger partial charge >= 0.3 is 0 Å². The number of likely N-dealkylation sites (tertiary alicyclic amines) is 1. The molecule has 1 fully saturated rings. The molecule has 1 unspecified atom stereocenters. The molecule has 106 valence electrons. The fourth-order valence-corrected chi connectivity index (χ4v) is 2.90. The van der Waals surface area contributed by atoms with E-state index in [1.807, 2.05) is 23.0 Å². The van der Waals surface area contributed by atoms with Gasteiger partial charge in [0.2, 0.25) is 0 Å². The number of nitrogens with zero attached hydrogens (tertiary/aromatic N) is 3. The number of halogens is 1. The van der Waals surface area contributed by atoms with Gasteiger partial charge in [-0.1, -0.05) is 12.1 Å². The van der Waals surface area contributed by atoms with Crippen LogP contribution in [0.15, 0.2) is 36.7 Å². The molecule has 2 aromatic rings. The SMILES string of the molecule is CCn1cc(CN2CCC(c3ccc(F)cc3)C2)cn1. The summed E-state index contributed by atoms with van der Waals surface area (Å²) in [6, 6.07) is 6.95. The Bertz CT molecular complexity index is 561. The van der Waals surface area contributed by atoms with Crippen molar-refractivity contribution in [1.29, 1.82) is 0 Å². The summed E-state index contributed by atoms with van der Waals surface area (Å²) in [5, 5.41) is 4.31. The molecular weight excluding hydrogens is 253 g/mol. The van der Waals surface area contributed by atoms with Crippen LogP contribution >= 0.6 is 0 Å².